The molecule has 1 aromatic rings. The van der Waals surface area contributed by atoms with Crippen LogP contribution in [-0.4, -0.2) is 17.5 Å². The van der Waals surface area contributed by atoms with E-state index in [0.29, 0.717) is 11.1 Å². The number of hydrogen-bond donors (Lipinski definition) is 2. The third-order valence-corrected chi connectivity index (χ3v) is 3.80. The molecule has 1 aliphatic carbocycles. The third-order valence-electron chi connectivity index (χ3n) is 2.24. The van der Waals surface area contributed by atoms with Crippen LogP contribution in [0.4, 0.5) is 0 Å². The minimum Gasteiger partial charge on any atom is -0.305 e. The molecular formula is C9H8O4S2. The van der Waals surface area contributed by atoms with E-state index in [4.69, 9.17) is 9.11 Å². The molecule has 0 fully saturated rings. The van der Waals surface area contributed by atoms with Gasteiger partial charge in [0.15, 0.2) is 22.2 Å². The lowest BCUT2D eigenvalue weighted by Crippen LogP contribution is -1.99. The van der Waals surface area contributed by atoms with Crippen molar-refractivity contribution in [1.29, 1.82) is 0 Å². The van der Waals surface area contributed by atoms with Crippen LogP contribution in [0.3, 0.4) is 0 Å². The predicted molar refractivity (Wildman–Crippen MR) is 58.7 cm³/mol. The van der Waals surface area contributed by atoms with Crippen LogP contribution in [0.5, 0.6) is 0 Å². The molecule has 2 N–H and O–H groups in total. The Morgan fingerprint density at radius 2 is 1.80 bits per heavy atom. The van der Waals surface area contributed by atoms with Crippen LogP contribution in [-0.2, 0) is 22.2 Å². The summed E-state index contributed by atoms with van der Waals surface area (Å²) < 4.78 is 40.1. The van der Waals surface area contributed by atoms with E-state index in [2.05, 4.69) is 0 Å². The second-order valence-corrected chi connectivity index (χ2v) is 5.06. The minimum absolute atomic E-state index is 0.206. The van der Waals surface area contributed by atoms with E-state index < -0.39 is 27.4 Å². The maximum atomic E-state index is 11.0. The van der Waals surface area contributed by atoms with Crippen molar-refractivity contribution in [2.45, 2.75) is 5.25 Å². The molecule has 0 spiro atoms. The van der Waals surface area contributed by atoms with Crippen LogP contribution in [0.25, 0.3) is 4.91 Å². The Balaban J connectivity index is 2.59. The fraction of sp³-hybridized carbons (Fsp3) is 0.111. The second kappa shape index (κ2) is 3.97. The summed E-state index contributed by atoms with van der Waals surface area (Å²) in [4.78, 5) is 0.206. The van der Waals surface area contributed by atoms with E-state index in [1.54, 1.807) is 24.3 Å². The van der Waals surface area contributed by atoms with Crippen molar-refractivity contribution in [3.63, 3.8) is 0 Å². The van der Waals surface area contributed by atoms with Crippen LogP contribution in [0.2, 0.25) is 0 Å². The van der Waals surface area contributed by atoms with Crippen LogP contribution in [0.15, 0.2) is 30.3 Å². The van der Waals surface area contributed by atoms with Crippen molar-refractivity contribution < 1.29 is 17.5 Å². The number of fused-ring (bicyclic) bond motifs is 1. The first-order valence-corrected chi connectivity index (χ1v) is 6.40. The topological polar surface area (TPSA) is 74.6 Å². The summed E-state index contributed by atoms with van der Waals surface area (Å²) in [5, 5.41) is -0.702. The van der Waals surface area contributed by atoms with Crippen molar-refractivity contribution >= 4 is 27.1 Å². The van der Waals surface area contributed by atoms with Gasteiger partial charge in [-0.25, -0.2) is 8.42 Å². The van der Waals surface area contributed by atoms with Crippen LogP contribution < -0.4 is 0 Å². The van der Waals surface area contributed by atoms with Gasteiger partial charge in [-0.3, -0.25) is 0 Å². The molecule has 3 atom stereocenters. The van der Waals surface area contributed by atoms with Crippen molar-refractivity contribution in [2.75, 3.05) is 0 Å². The highest BCUT2D eigenvalue weighted by Crippen LogP contribution is 2.38. The second-order valence-electron chi connectivity index (χ2n) is 3.06. The highest BCUT2D eigenvalue weighted by atomic mass is 32.2. The molecule has 1 aliphatic rings. The molecule has 1 aromatic carbocycles. The Bertz CT molecular complexity index is 481. The highest BCUT2D eigenvalue weighted by Gasteiger charge is 2.29. The van der Waals surface area contributed by atoms with Gasteiger partial charge in [-0.05, 0) is 17.2 Å². The zero-order chi connectivity index (χ0) is 11.0. The average Bonchev–Trinajstić information content (AvgIpc) is 2.56. The van der Waals surface area contributed by atoms with Gasteiger partial charge < -0.3 is 9.11 Å². The van der Waals surface area contributed by atoms with Gasteiger partial charge in [0.2, 0.25) is 0 Å². The lowest BCUT2D eigenvalue weighted by molar-refractivity contribution is 0.558. The molecule has 0 aliphatic heterocycles. The number of hydrogen-bond acceptors (Lipinski definition) is 2. The zero-order valence-corrected chi connectivity index (χ0v) is 9.12. The first-order valence-electron chi connectivity index (χ1n) is 4.13. The molecule has 0 aromatic heterocycles. The van der Waals surface area contributed by atoms with E-state index in [1.165, 1.54) is 6.08 Å². The van der Waals surface area contributed by atoms with Crippen LogP contribution in [0.1, 0.15) is 16.4 Å². The monoisotopic (exact) mass is 244 g/mol. The molecule has 0 heterocycles. The Hall–Kier alpha value is -0.820. The SMILES string of the molecule is O=S(O)C1=CC(S(=O)O)c2ccccc21. The molecule has 3 unspecified atom stereocenters. The Morgan fingerprint density at radius 1 is 1.13 bits per heavy atom. The van der Waals surface area contributed by atoms with E-state index in [0.717, 1.165) is 0 Å². The van der Waals surface area contributed by atoms with Crippen molar-refractivity contribution in [3.8, 4) is 0 Å². The minimum atomic E-state index is -2.12. The van der Waals surface area contributed by atoms with E-state index in [-0.39, 0.29) is 4.91 Å². The standard InChI is InChI=1S/C9H8O4S2/c10-14(11)8-5-9(15(12)13)7-4-2-1-3-6(7)8/h1-5,8H,(H,10,11)(H,12,13). The molecule has 0 saturated carbocycles. The molecule has 0 saturated heterocycles. The third kappa shape index (κ3) is 1.81. The summed E-state index contributed by atoms with van der Waals surface area (Å²) >= 11 is -4.19. The van der Waals surface area contributed by atoms with Gasteiger partial charge in [-0.1, -0.05) is 24.3 Å². The first kappa shape index (κ1) is 10.7. The van der Waals surface area contributed by atoms with E-state index in [9.17, 15) is 8.42 Å². The molecule has 0 radical (unpaired) electrons. The molecule has 4 nitrogen and oxygen atoms in total. The summed E-state index contributed by atoms with van der Waals surface area (Å²) in [6.45, 7) is 0. The fourth-order valence-electron chi connectivity index (χ4n) is 1.61. The van der Waals surface area contributed by atoms with Gasteiger partial charge >= 0.3 is 0 Å². The molecule has 2 rings (SSSR count). The van der Waals surface area contributed by atoms with Gasteiger partial charge in [0.1, 0.15) is 5.25 Å². The predicted octanol–water partition coefficient (Wildman–Crippen LogP) is 1.53. The van der Waals surface area contributed by atoms with Gasteiger partial charge in [-0.15, -0.1) is 0 Å². The molecule has 15 heavy (non-hydrogen) atoms. The largest absolute Gasteiger partial charge is 0.305 e. The quantitative estimate of drug-likeness (QED) is 0.774. The van der Waals surface area contributed by atoms with Crippen LogP contribution >= 0.6 is 0 Å². The smallest absolute Gasteiger partial charge is 0.186 e. The Morgan fingerprint density at radius 3 is 2.40 bits per heavy atom. The lowest BCUT2D eigenvalue weighted by Gasteiger charge is -2.04. The van der Waals surface area contributed by atoms with E-state index in [1.807, 2.05) is 0 Å². The molecule has 0 amide bonds. The first-order chi connectivity index (χ1) is 7.11. The van der Waals surface area contributed by atoms with E-state index >= 15 is 0 Å². The zero-order valence-electron chi connectivity index (χ0n) is 7.49. The molecule has 80 valence electrons. The van der Waals surface area contributed by atoms with Crippen LogP contribution in [0, 0.1) is 0 Å². The Kier molecular flexibility index (Phi) is 2.83. The van der Waals surface area contributed by atoms with Crippen molar-refractivity contribution in [3.05, 3.63) is 41.5 Å². The van der Waals surface area contributed by atoms with Gasteiger partial charge in [-0.2, -0.15) is 0 Å². The van der Waals surface area contributed by atoms with Gasteiger partial charge in [0.05, 0.1) is 4.91 Å². The summed E-state index contributed by atoms with van der Waals surface area (Å²) in [6.07, 6.45) is 1.37. The summed E-state index contributed by atoms with van der Waals surface area (Å²) in [6, 6.07) is 6.81. The van der Waals surface area contributed by atoms with Crippen molar-refractivity contribution in [2.24, 2.45) is 0 Å². The van der Waals surface area contributed by atoms with Gasteiger partial charge in [0.25, 0.3) is 0 Å². The average molecular weight is 244 g/mol. The molecule has 6 heteroatoms. The number of rotatable bonds is 2. The fourth-order valence-corrected chi connectivity index (χ4v) is 2.99. The summed E-state index contributed by atoms with van der Waals surface area (Å²) in [5.41, 5.74) is 1.20. The van der Waals surface area contributed by atoms with Gasteiger partial charge in [0, 0.05) is 0 Å². The Labute approximate surface area is 91.6 Å². The summed E-state index contributed by atoms with van der Waals surface area (Å²) in [5.74, 6) is 0. The highest BCUT2D eigenvalue weighted by molar-refractivity contribution is 7.89. The lowest BCUT2D eigenvalue weighted by atomic mass is 10.1. The summed E-state index contributed by atoms with van der Waals surface area (Å²) in [7, 11) is 0. The maximum Gasteiger partial charge on any atom is 0.186 e. The molecule has 0 bridgehead atoms. The molecular weight excluding hydrogens is 236 g/mol. The van der Waals surface area contributed by atoms with Crippen molar-refractivity contribution in [1.82, 2.24) is 0 Å². The normalized spacial score (nSPS) is 23.1. The number of benzene rings is 1. The maximum absolute atomic E-state index is 11.0.